The normalized spacial score (nSPS) is 14.9. The number of halogens is 1. The summed E-state index contributed by atoms with van der Waals surface area (Å²) in [6.07, 6.45) is 4.35. The van der Waals surface area contributed by atoms with Crippen molar-refractivity contribution in [2.24, 2.45) is 0 Å². The Morgan fingerprint density at radius 3 is 2.93 bits per heavy atom. The van der Waals surface area contributed by atoms with Gasteiger partial charge >= 0.3 is 0 Å². The molecule has 28 heavy (non-hydrogen) atoms. The number of nitrogens with one attached hydrogen (secondary N) is 2. The number of hydrogen-bond donors (Lipinski definition) is 2. The third-order valence-electron chi connectivity index (χ3n) is 4.22. The van der Waals surface area contributed by atoms with Gasteiger partial charge in [-0.05, 0) is 24.5 Å². The highest BCUT2D eigenvalue weighted by Crippen LogP contribution is 2.39. The highest BCUT2D eigenvalue weighted by Gasteiger charge is 2.26. The monoisotopic (exact) mass is 420 g/mol. The summed E-state index contributed by atoms with van der Waals surface area (Å²) in [4.78, 5) is 31.4. The highest BCUT2D eigenvalue weighted by atomic mass is 35.5. The maximum absolute atomic E-state index is 11.9. The highest BCUT2D eigenvalue weighted by molar-refractivity contribution is 7.98. The molecule has 7 nitrogen and oxygen atoms in total. The van der Waals surface area contributed by atoms with E-state index in [1.54, 1.807) is 6.20 Å². The van der Waals surface area contributed by atoms with E-state index in [1.165, 1.54) is 18.7 Å². The first-order valence-corrected chi connectivity index (χ1v) is 10.4. The number of thioether (sulfide) groups is 1. The molecule has 1 aromatic heterocycles. The topological polar surface area (TPSA) is 93.2 Å². The molecule has 0 aliphatic carbocycles. The third-order valence-corrected chi connectivity index (χ3v) is 5.06. The number of ether oxygens (including phenoxy) is 1. The number of rotatable bonds is 7. The second-order valence-corrected chi connectivity index (χ2v) is 7.54. The molecular weight excluding hydrogens is 400 g/mol. The van der Waals surface area contributed by atoms with Gasteiger partial charge in [0.25, 0.3) is 0 Å². The van der Waals surface area contributed by atoms with Crippen molar-refractivity contribution < 1.29 is 14.3 Å². The summed E-state index contributed by atoms with van der Waals surface area (Å²) >= 11 is 7.90. The first-order chi connectivity index (χ1) is 13.5. The number of amides is 2. The van der Waals surface area contributed by atoms with Crippen LogP contribution in [0, 0.1) is 0 Å². The van der Waals surface area contributed by atoms with E-state index in [0.29, 0.717) is 35.4 Å². The molecule has 0 saturated heterocycles. The van der Waals surface area contributed by atoms with Crippen molar-refractivity contribution in [1.82, 2.24) is 20.6 Å². The largest absolute Gasteiger partial charge is 0.486 e. The summed E-state index contributed by atoms with van der Waals surface area (Å²) in [5.74, 6) is 0.369. The molecular formula is C19H21ClN4O3S. The Bertz CT molecular complexity index is 893. The van der Waals surface area contributed by atoms with Gasteiger partial charge in [-0.3, -0.25) is 9.59 Å². The fourth-order valence-corrected chi connectivity index (χ4v) is 3.56. The van der Waals surface area contributed by atoms with Gasteiger partial charge in [0.15, 0.2) is 5.16 Å². The van der Waals surface area contributed by atoms with E-state index in [9.17, 15) is 9.59 Å². The number of carbonyl (C=O) groups is 2. The zero-order valence-corrected chi connectivity index (χ0v) is 17.2. The molecule has 0 fully saturated rings. The molecule has 2 aromatic rings. The van der Waals surface area contributed by atoms with E-state index in [0.717, 1.165) is 16.8 Å². The van der Waals surface area contributed by atoms with Crippen molar-refractivity contribution in [2.75, 3.05) is 19.3 Å². The van der Waals surface area contributed by atoms with Crippen LogP contribution in [0.5, 0.6) is 5.75 Å². The number of aromatic nitrogens is 2. The van der Waals surface area contributed by atoms with Crippen molar-refractivity contribution in [3.05, 3.63) is 35.0 Å². The molecule has 9 heteroatoms. The summed E-state index contributed by atoms with van der Waals surface area (Å²) in [5.41, 5.74) is 2.70. The van der Waals surface area contributed by atoms with Gasteiger partial charge in [-0.1, -0.05) is 23.4 Å². The molecule has 1 atom stereocenters. The molecule has 0 spiro atoms. The SMILES string of the molecule is CSc1nccc(-c2cc(Cl)c3c(c2)C[C@@H](CNC(=O)CCNC(C)=O)O3)n1. The van der Waals surface area contributed by atoms with Gasteiger partial charge in [-0.2, -0.15) is 0 Å². The first kappa shape index (κ1) is 20.4. The summed E-state index contributed by atoms with van der Waals surface area (Å²) in [7, 11) is 0. The number of carbonyl (C=O) groups excluding carboxylic acids is 2. The van der Waals surface area contributed by atoms with Gasteiger partial charge in [0.2, 0.25) is 11.8 Å². The Hall–Kier alpha value is -2.32. The lowest BCUT2D eigenvalue weighted by Gasteiger charge is -2.12. The molecule has 0 radical (unpaired) electrons. The fraction of sp³-hybridized carbons (Fsp3) is 0.368. The maximum atomic E-state index is 11.9. The van der Waals surface area contributed by atoms with E-state index in [2.05, 4.69) is 20.6 Å². The van der Waals surface area contributed by atoms with Crippen LogP contribution in [0.1, 0.15) is 18.9 Å². The van der Waals surface area contributed by atoms with Crippen LogP contribution in [0.3, 0.4) is 0 Å². The molecule has 0 bridgehead atoms. The number of fused-ring (bicyclic) bond motifs is 1. The number of hydrogen-bond acceptors (Lipinski definition) is 6. The second-order valence-electron chi connectivity index (χ2n) is 6.36. The molecule has 2 heterocycles. The fourth-order valence-electron chi connectivity index (χ4n) is 2.92. The van der Waals surface area contributed by atoms with Crippen LogP contribution in [-0.4, -0.2) is 47.2 Å². The zero-order chi connectivity index (χ0) is 20.1. The molecule has 2 amide bonds. The minimum atomic E-state index is -0.181. The first-order valence-electron chi connectivity index (χ1n) is 8.84. The predicted octanol–water partition coefficient (Wildman–Crippen LogP) is 2.46. The Balaban J connectivity index is 1.62. The number of benzene rings is 1. The smallest absolute Gasteiger partial charge is 0.221 e. The summed E-state index contributed by atoms with van der Waals surface area (Å²) in [5, 5.41) is 6.65. The van der Waals surface area contributed by atoms with Gasteiger partial charge < -0.3 is 15.4 Å². The van der Waals surface area contributed by atoms with Crippen LogP contribution in [0.15, 0.2) is 29.6 Å². The van der Waals surface area contributed by atoms with Crippen LogP contribution in [0.25, 0.3) is 11.3 Å². The minimum Gasteiger partial charge on any atom is -0.486 e. The molecule has 148 valence electrons. The van der Waals surface area contributed by atoms with Gasteiger partial charge in [-0.25, -0.2) is 9.97 Å². The Morgan fingerprint density at radius 1 is 1.36 bits per heavy atom. The molecule has 1 aliphatic heterocycles. The van der Waals surface area contributed by atoms with Crippen LogP contribution in [0.4, 0.5) is 0 Å². The van der Waals surface area contributed by atoms with Gasteiger partial charge in [0.05, 0.1) is 17.3 Å². The van der Waals surface area contributed by atoms with Crippen molar-refractivity contribution >= 4 is 35.2 Å². The van der Waals surface area contributed by atoms with Crippen LogP contribution >= 0.6 is 23.4 Å². The lowest BCUT2D eigenvalue weighted by Crippen LogP contribution is -2.36. The molecule has 1 aliphatic rings. The van der Waals surface area contributed by atoms with Gasteiger partial charge in [0, 0.05) is 43.6 Å². The molecule has 3 rings (SSSR count). The summed E-state index contributed by atoms with van der Waals surface area (Å²) < 4.78 is 5.91. The van der Waals surface area contributed by atoms with E-state index >= 15 is 0 Å². The van der Waals surface area contributed by atoms with E-state index in [1.807, 2.05) is 24.5 Å². The van der Waals surface area contributed by atoms with E-state index in [4.69, 9.17) is 16.3 Å². The Labute approximate surface area is 172 Å². The van der Waals surface area contributed by atoms with E-state index < -0.39 is 0 Å². The van der Waals surface area contributed by atoms with Crippen LogP contribution < -0.4 is 15.4 Å². The Morgan fingerprint density at radius 2 is 2.18 bits per heavy atom. The molecule has 0 saturated carbocycles. The van der Waals surface area contributed by atoms with Crippen molar-refractivity contribution in [1.29, 1.82) is 0 Å². The average molecular weight is 421 g/mol. The molecule has 2 N–H and O–H groups in total. The Kier molecular flexibility index (Phi) is 6.74. The molecule has 0 unspecified atom stereocenters. The van der Waals surface area contributed by atoms with Crippen LogP contribution in [0.2, 0.25) is 5.02 Å². The minimum absolute atomic E-state index is 0.134. The van der Waals surface area contributed by atoms with Crippen LogP contribution in [-0.2, 0) is 16.0 Å². The maximum Gasteiger partial charge on any atom is 0.221 e. The lowest BCUT2D eigenvalue weighted by molar-refractivity contribution is -0.121. The predicted molar refractivity (Wildman–Crippen MR) is 109 cm³/mol. The van der Waals surface area contributed by atoms with Crippen molar-refractivity contribution in [3.8, 4) is 17.0 Å². The zero-order valence-electron chi connectivity index (χ0n) is 15.6. The van der Waals surface area contributed by atoms with Crippen molar-refractivity contribution in [3.63, 3.8) is 0 Å². The quantitative estimate of drug-likeness (QED) is 0.528. The number of nitrogens with zero attached hydrogens (tertiary/aromatic N) is 2. The van der Waals surface area contributed by atoms with Gasteiger partial charge in [0.1, 0.15) is 11.9 Å². The second kappa shape index (κ2) is 9.25. The lowest BCUT2D eigenvalue weighted by atomic mass is 10.0. The standard InChI is InChI=1S/C19H21ClN4O3S/c1-11(25)21-6-4-17(26)23-10-14-8-13-7-12(9-15(20)18(13)27-14)16-3-5-22-19(24-16)28-2/h3,5,7,9,14H,4,6,8,10H2,1-2H3,(H,21,25)(H,23,26)/t14-/m0/s1. The van der Waals surface area contributed by atoms with E-state index in [-0.39, 0.29) is 24.3 Å². The van der Waals surface area contributed by atoms with Crippen molar-refractivity contribution in [2.45, 2.75) is 31.0 Å². The summed E-state index contributed by atoms with van der Waals surface area (Å²) in [6.45, 7) is 2.12. The summed E-state index contributed by atoms with van der Waals surface area (Å²) in [6, 6.07) is 5.70. The molecule has 1 aromatic carbocycles. The third kappa shape index (κ3) is 5.14. The van der Waals surface area contributed by atoms with Gasteiger partial charge in [-0.15, -0.1) is 0 Å². The average Bonchev–Trinajstić information content (AvgIpc) is 3.10.